The summed E-state index contributed by atoms with van der Waals surface area (Å²) < 4.78 is 0. The number of hydrogen-bond donors (Lipinski definition) is 1. The van der Waals surface area contributed by atoms with Crippen molar-refractivity contribution in [3.63, 3.8) is 0 Å². The van der Waals surface area contributed by atoms with Crippen LogP contribution in [-0.4, -0.2) is 18.7 Å². The van der Waals surface area contributed by atoms with Crippen molar-refractivity contribution in [1.29, 1.82) is 0 Å². The number of Topliss-reactive ketones (excluding diaryl/α,β-unsaturated/α-hetero) is 1. The summed E-state index contributed by atoms with van der Waals surface area (Å²) in [5, 5.41) is 2.22. The quantitative estimate of drug-likeness (QED) is 0.562. The Bertz CT molecular complexity index is 159. The summed E-state index contributed by atoms with van der Waals surface area (Å²) in [4.78, 5) is 19.4. The largest absolute Gasteiger partial charge is 0.352 e. The molecule has 0 aliphatic heterocycles. The van der Waals surface area contributed by atoms with Gasteiger partial charge in [-0.25, -0.2) is 0 Å². The van der Waals surface area contributed by atoms with E-state index < -0.39 is 0 Å². The molecule has 0 saturated heterocycles. The number of hydrogen-bond acceptors (Lipinski definition) is 2. The van der Waals surface area contributed by atoms with Crippen LogP contribution in [0.25, 0.3) is 0 Å². The first-order valence-corrected chi connectivity index (χ1v) is 4.80. The van der Waals surface area contributed by atoms with E-state index in [1.54, 1.807) is 0 Å². The van der Waals surface area contributed by atoms with Crippen molar-refractivity contribution < 1.29 is 9.59 Å². The minimum absolute atomic E-state index is 0.0351. The highest BCUT2D eigenvalue weighted by Gasteiger charge is 1.84. The molecule has 0 fully saturated rings. The first-order chi connectivity index (χ1) is 6.54. The predicted octanol–water partition coefficient (Wildman–Crippen LogP) is 2.32. The zero-order chi connectivity index (χ0) is 12.0. The Balaban J connectivity index is -0.000000152. The Kier molecular flexibility index (Phi) is 23.7. The van der Waals surface area contributed by atoms with Gasteiger partial charge in [0.25, 0.3) is 0 Å². The van der Waals surface area contributed by atoms with E-state index in [4.69, 9.17) is 0 Å². The van der Waals surface area contributed by atoms with E-state index in [0.717, 1.165) is 0 Å². The van der Waals surface area contributed by atoms with Gasteiger partial charge in [-0.2, -0.15) is 0 Å². The lowest BCUT2D eigenvalue weighted by molar-refractivity contribution is -0.118. The molecule has 0 rings (SSSR count). The summed E-state index contributed by atoms with van der Waals surface area (Å²) in [5.74, 6) is -0.0351. The third kappa shape index (κ3) is 44.6. The molecule has 0 aromatic heterocycles. The van der Waals surface area contributed by atoms with Crippen molar-refractivity contribution in [3.8, 4) is 0 Å². The fourth-order valence-corrected chi connectivity index (χ4v) is 0.185. The van der Waals surface area contributed by atoms with Crippen molar-refractivity contribution in [2.45, 2.75) is 41.5 Å². The summed E-state index contributed by atoms with van der Waals surface area (Å²) >= 11 is 0. The van der Waals surface area contributed by atoms with Crippen LogP contribution in [0.1, 0.15) is 41.5 Å². The van der Waals surface area contributed by atoms with E-state index in [-0.39, 0.29) is 12.3 Å². The lowest BCUT2D eigenvalue weighted by Crippen LogP contribution is -2.18. The second-order valence-corrected chi connectivity index (χ2v) is 2.57. The maximum absolute atomic E-state index is 9.98. The van der Waals surface area contributed by atoms with E-state index in [1.807, 2.05) is 20.8 Å². The van der Waals surface area contributed by atoms with Gasteiger partial charge in [-0.15, -0.1) is 0 Å². The minimum Gasteiger partial charge on any atom is -0.352 e. The topological polar surface area (TPSA) is 46.2 Å². The number of rotatable bonds is 3. The van der Waals surface area contributed by atoms with Crippen molar-refractivity contribution in [2.75, 3.05) is 6.54 Å². The van der Waals surface area contributed by atoms with Crippen LogP contribution in [-0.2, 0) is 9.59 Å². The SMILES string of the molecule is CC.CC(=O)CNC=O.CC=C(C)C. The molecule has 0 bridgehead atoms. The smallest absolute Gasteiger partial charge is 0.207 e. The van der Waals surface area contributed by atoms with E-state index in [1.165, 1.54) is 12.5 Å². The van der Waals surface area contributed by atoms with Crippen LogP contribution in [0.15, 0.2) is 11.6 Å². The monoisotopic (exact) mass is 201 g/mol. The standard InChI is InChI=1S/C5H10.C4H7NO2.C2H6/c1-4-5(2)3;1-4(7)2-5-3-6;1-2/h4H,1-3H3;3H,2H2,1H3,(H,5,6);1-2H3. The molecule has 0 spiro atoms. The van der Waals surface area contributed by atoms with Gasteiger partial charge in [0, 0.05) is 0 Å². The lowest BCUT2D eigenvalue weighted by Gasteiger charge is -1.86. The van der Waals surface area contributed by atoms with Gasteiger partial charge in [0.05, 0.1) is 6.54 Å². The second kappa shape index (κ2) is 17.8. The van der Waals surface area contributed by atoms with Gasteiger partial charge >= 0.3 is 0 Å². The third-order valence-electron chi connectivity index (χ3n) is 1.01. The third-order valence-corrected chi connectivity index (χ3v) is 1.01. The zero-order valence-electron chi connectivity index (χ0n) is 10.2. The molecule has 0 atom stereocenters. The van der Waals surface area contributed by atoms with Gasteiger partial charge in [0.1, 0.15) is 5.78 Å². The van der Waals surface area contributed by atoms with Crippen molar-refractivity contribution in [1.82, 2.24) is 5.32 Å². The number of allylic oxidation sites excluding steroid dienone is 2. The molecule has 0 heterocycles. The molecular weight excluding hydrogens is 178 g/mol. The Morgan fingerprint density at radius 3 is 1.64 bits per heavy atom. The molecule has 0 radical (unpaired) electrons. The normalized spacial score (nSPS) is 6.71. The summed E-state index contributed by atoms with van der Waals surface area (Å²) in [6.45, 7) is 11.8. The number of carbonyl (C=O) groups excluding carboxylic acids is 2. The number of carbonyl (C=O) groups is 2. The van der Waals surface area contributed by atoms with Gasteiger partial charge < -0.3 is 5.32 Å². The number of amides is 1. The molecule has 3 heteroatoms. The maximum atomic E-state index is 9.98. The molecule has 0 aromatic rings. The van der Waals surface area contributed by atoms with Gasteiger partial charge in [-0.1, -0.05) is 25.5 Å². The minimum atomic E-state index is -0.0351. The highest BCUT2D eigenvalue weighted by atomic mass is 16.1. The van der Waals surface area contributed by atoms with Gasteiger partial charge in [0.2, 0.25) is 6.41 Å². The van der Waals surface area contributed by atoms with E-state index in [2.05, 4.69) is 25.2 Å². The Morgan fingerprint density at radius 1 is 1.21 bits per heavy atom. The fraction of sp³-hybridized carbons (Fsp3) is 0.636. The van der Waals surface area contributed by atoms with Crippen LogP contribution in [0.3, 0.4) is 0 Å². The van der Waals surface area contributed by atoms with Crippen molar-refractivity contribution >= 4 is 12.2 Å². The fourth-order valence-electron chi connectivity index (χ4n) is 0.185. The van der Waals surface area contributed by atoms with Crippen LogP contribution < -0.4 is 5.32 Å². The van der Waals surface area contributed by atoms with Gasteiger partial charge in [0.15, 0.2) is 0 Å². The summed E-state index contributed by atoms with van der Waals surface area (Å²) in [6.07, 6.45) is 2.58. The summed E-state index contributed by atoms with van der Waals surface area (Å²) in [7, 11) is 0. The second-order valence-electron chi connectivity index (χ2n) is 2.57. The van der Waals surface area contributed by atoms with Crippen LogP contribution in [0.5, 0.6) is 0 Å². The lowest BCUT2D eigenvalue weighted by atomic mass is 10.3. The molecule has 0 saturated carbocycles. The van der Waals surface area contributed by atoms with E-state index >= 15 is 0 Å². The molecule has 1 amide bonds. The summed E-state index contributed by atoms with van der Waals surface area (Å²) in [6, 6.07) is 0. The predicted molar refractivity (Wildman–Crippen MR) is 61.2 cm³/mol. The molecule has 1 N–H and O–H groups in total. The highest BCUT2D eigenvalue weighted by Crippen LogP contribution is 1.82. The molecular formula is C11H23NO2. The zero-order valence-corrected chi connectivity index (χ0v) is 10.2. The average molecular weight is 201 g/mol. The first-order valence-electron chi connectivity index (χ1n) is 4.80. The number of nitrogens with one attached hydrogen (secondary N) is 1. The highest BCUT2D eigenvalue weighted by molar-refractivity contribution is 5.79. The molecule has 0 aliphatic rings. The number of ketones is 1. The molecule has 84 valence electrons. The van der Waals surface area contributed by atoms with E-state index in [9.17, 15) is 9.59 Å². The van der Waals surface area contributed by atoms with Crippen LogP contribution in [0.2, 0.25) is 0 Å². The Morgan fingerprint density at radius 2 is 1.57 bits per heavy atom. The molecule has 14 heavy (non-hydrogen) atoms. The average Bonchev–Trinajstić information content (AvgIpc) is 2.18. The van der Waals surface area contributed by atoms with Crippen LogP contribution in [0, 0.1) is 0 Å². The molecule has 0 aromatic carbocycles. The van der Waals surface area contributed by atoms with Gasteiger partial charge in [-0.3, -0.25) is 9.59 Å². The summed E-state index contributed by atoms with van der Waals surface area (Å²) in [5.41, 5.74) is 1.38. The molecule has 0 unspecified atom stereocenters. The van der Waals surface area contributed by atoms with Crippen LogP contribution >= 0.6 is 0 Å². The van der Waals surface area contributed by atoms with Crippen molar-refractivity contribution in [2.24, 2.45) is 0 Å². The Hall–Kier alpha value is -1.12. The maximum Gasteiger partial charge on any atom is 0.207 e. The van der Waals surface area contributed by atoms with Crippen molar-refractivity contribution in [3.05, 3.63) is 11.6 Å². The van der Waals surface area contributed by atoms with Gasteiger partial charge in [-0.05, 0) is 27.7 Å². The van der Waals surface area contributed by atoms with Crippen LogP contribution in [0.4, 0.5) is 0 Å². The molecule has 0 aliphatic carbocycles. The van der Waals surface area contributed by atoms with E-state index in [0.29, 0.717) is 6.41 Å². The first kappa shape index (κ1) is 18.6. The Labute approximate surface area is 87.6 Å². The molecule has 3 nitrogen and oxygen atoms in total.